The van der Waals surface area contributed by atoms with Gasteiger partial charge in [0.05, 0.1) is 5.76 Å². The third-order valence-corrected chi connectivity index (χ3v) is 1.62. The van der Waals surface area contributed by atoms with Crippen LogP contribution in [0.15, 0.2) is 12.3 Å². The second-order valence-electron chi connectivity index (χ2n) is 2.62. The number of allylic oxidation sites excluding steroid dienone is 1. The maximum absolute atomic E-state index is 8.70. The molecule has 0 aliphatic heterocycles. The first-order chi connectivity index (χ1) is 4.16. The van der Waals surface area contributed by atoms with Crippen LogP contribution in [0.5, 0.6) is 0 Å². The van der Waals surface area contributed by atoms with Crippen molar-refractivity contribution < 1.29 is 5.11 Å². The van der Waals surface area contributed by atoms with Gasteiger partial charge in [-0.05, 0) is 12.3 Å². The summed E-state index contributed by atoms with van der Waals surface area (Å²) in [4.78, 5) is 0. The lowest BCUT2D eigenvalue weighted by Crippen LogP contribution is -1.92. The average molecular weight is 128 g/mol. The predicted octanol–water partition coefficient (Wildman–Crippen LogP) is 2.88. The summed E-state index contributed by atoms with van der Waals surface area (Å²) in [5.74, 6) is 1.03. The van der Waals surface area contributed by atoms with E-state index >= 15 is 0 Å². The van der Waals surface area contributed by atoms with Crippen LogP contribution in [0.3, 0.4) is 0 Å². The second kappa shape index (κ2) is 4.42. The molecule has 9 heavy (non-hydrogen) atoms. The van der Waals surface area contributed by atoms with E-state index in [-0.39, 0.29) is 0 Å². The SMILES string of the molecule is C=C(O)CC[C@@H](C)CC. The van der Waals surface area contributed by atoms with Gasteiger partial charge in [0.15, 0.2) is 0 Å². The third-order valence-electron chi connectivity index (χ3n) is 1.62. The molecule has 0 aromatic rings. The van der Waals surface area contributed by atoms with Crippen LogP contribution in [0.2, 0.25) is 0 Å². The molecule has 1 N–H and O–H groups in total. The predicted molar refractivity (Wildman–Crippen MR) is 40.5 cm³/mol. The molecule has 0 radical (unpaired) electrons. The molecule has 0 aliphatic carbocycles. The lowest BCUT2D eigenvalue weighted by molar-refractivity contribution is 0.368. The van der Waals surface area contributed by atoms with Crippen LogP contribution < -0.4 is 0 Å². The summed E-state index contributed by atoms with van der Waals surface area (Å²) >= 11 is 0. The molecule has 0 fully saturated rings. The van der Waals surface area contributed by atoms with E-state index in [1.807, 2.05) is 0 Å². The molecule has 0 rings (SSSR count). The fourth-order valence-corrected chi connectivity index (χ4v) is 0.617. The summed E-state index contributed by atoms with van der Waals surface area (Å²) in [5.41, 5.74) is 0. The maximum atomic E-state index is 8.70. The lowest BCUT2D eigenvalue weighted by Gasteiger charge is -2.05. The van der Waals surface area contributed by atoms with E-state index in [0.717, 1.165) is 12.8 Å². The Bertz CT molecular complexity index is 86.6. The van der Waals surface area contributed by atoms with Crippen LogP contribution in [-0.4, -0.2) is 5.11 Å². The number of aliphatic hydroxyl groups is 1. The highest BCUT2D eigenvalue weighted by molar-refractivity contribution is 4.78. The van der Waals surface area contributed by atoms with Gasteiger partial charge in [-0.15, -0.1) is 0 Å². The minimum absolute atomic E-state index is 0.315. The Morgan fingerprint density at radius 1 is 1.67 bits per heavy atom. The molecule has 1 atom stereocenters. The molecule has 0 bridgehead atoms. The molecule has 54 valence electrons. The van der Waals surface area contributed by atoms with Gasteiger partial charge in [-0.3, -0.25) is 0 Å². The third kappa shape index (κ3) is 5.41. The van der Waals surface area contributed by atoms with Crippen LogP contribution >= 0.6 is 0 Å². The van der Waals surface area contributed by atoms with Crippen LogP contribution in [0.4, 0.5) is 0 Å². The molecule has 0 aromatic carbocycles. The van der Waals surface area contributed by atoms with Gasteiger partial charge in [0, 0.05) is 6.42 Å². The van der Waals surface area contributed by atoms with Crippen molar-refractivity contribution in [1.82, 2.24) is 0 Å². The molecule has 1 nitrogen and oxygen atoms in total. The fraction of sp³-hybridized carbons (Fsp3) is 0.750. The highest BCUT2D eigenvalue weighted by atomic mass is 16.3. The van der Waals surface area contributed by atoms with Crippen LogP contribution in [0, 0.1) is 5.92 Å². The van der Waals surface area contributed by atoms with Crippen LogP contribution in [0.25, 0.3) is 0 Å². The van der Waals surface area contributed by atoms with Crippen molar-refractivity contribution in [3.05, 3.63) is 12.3 Å². The Kier molecular flexibility index (Phi) is 4.20. The van der Waals surface area contributed by atoms with Crippen molar-refractivity contribution in [2.75, 3.05) is 0 Å². The molecule has 0 heterocycles. The van der Waals surface area contributed by atoms with Gasteiger partial charge in [0.2, 0.25) is 0 Å². The first-order valence-corrected chi connectivity index (χ1v) is 3.53. The summed E-state index contributed by atoms with van der Waals surface area (Å²) in [7, 11) is 0. The van der Waals surface area contributed by atoms with Crippen molar-refractivity contribution in [3.63, 3.8) is 0 Å². The van der Waals surface area contributed by atoms with Crippen molar-refractivity contribution >= 4 is 0 Å². The molecule has 0 saturated carbocycles. The van der Waals surface area contributed by atoms with E-state index in [4.69, 9.17) is 5.11 Å². The zero-order chi connectivity index (χ0) is 7.28. The summed E-state index contributed by atoms with van der Waals surface area (Å²) < 4.78 is 0. The standard InChI is InChI=1S/C8H16O/c1-4-7(2)5-6-8(3)9/h7,9H,3-6H2,1-2H3/t7-/m0/s1. The smallest absolute Gasteiger partial charge is 0.0851 e. The van der Waals surface area contributed by atoms with Gasteiger partial charge in [-0.2, -0.15) is 0 Å². The molecule has 0 saturated heterocycles. The van der Waals surface area contributed by atoms with E-state index in [1.165, 1.54) is 6.42 Å². The lowest BCUT2D eigenvalue weighted by atomic mass is 10.0. The Labute approximate surface area is 57.4 Å². The Morgan fingerprint density at radius 2 is 2.22 bits per heavy atom. The second-order valence-corrected chi connectivity index (χ2v) is 2.62. The average Bonchev–Trinajstić information content (AvgIpc) is 1.83. The molecular formula is C8H16O. The van der Waals surface area contributed by atoms with Gasteiger partial charge in [-0.25, -0.2) is 0 Å². The minimum Gasteiger partial charge on any atom is -0.513 e. The van der Waals surface area contributed by atoms with Gasteiger partial charge < -0.3 is 5.11 Å². The molecule has 1 heteroatoms. The molecule has 0 unspecified atom stereocenters. The van der Waals surface area contributed by atoms with E-state index in [0.29, 0.717) is 11.7 Å². The topological polar surface area (TPSA) is 20.2 Å². The van der Waals surface area contributed by atoms with Gasteiger partial charge in [-0.1, -0.05) is 26.8 Å². The van der Waals surface area contributed by atoms with Crippen molar-refractivity contribution in [2.45, 2.75) is 33.1 Å². The highest BCUT2D eigenvalue weighted by Crippen LogP contribution is 2.11. The summed E-state index contributed by atoms with van der Waals surface area (Å²) in [5, 5.41) is 8.70. The first kappa shape index (κ1) is 8.54. The zero-order valence-electron chi connectivity index (χ0n) is 6.35. The van der Waals surface area contributed by atoms with Crippen molar-refractivity contribution in [2.24, 2.45) is 5.92 Å². The summed E-state index contributed by atoms with van der Waals surface area (Å²) in [6, 6.07) is 0. The largest absolute Gasteiger partial charge is 0.513 e. The minimum atomic E-state index is 0.315. The number of rotatable bonds is 4. The van der Waals surface area contributed by atoms with Crippen LogP contribution in [0.1, 0.15) is 33.1 Å². The van der Waals surface area contributed by atoms with Gasteiger partial charge in [0.1, 0.15) is 0 Å². The summed E-state index contributed by atoms with van der Waals surface area (Å²) in [6.45, 7) is 7.76. The zero-order valence-corrected chi connectivity index (χ0v) is 6.35. The molecular weight excluding hydrogens is 112 g/mol. The van der Waals surface area contributed by atoms with E-state index < -0.39 is 0 Å². The molecule has 0 spiro atoms. The molecule has 0 amide bonds. The fourth-order valence-electron chi connectivity index (χ4n) is 0.617. The maximum Gasteiger partial charge on any atom is 0.0851 e. The Balaban J connectivity index is 3.16. The monoisotopic (exact) mass is 128 g/mol. The Morgan fingerprint density at radius 3 is 2.56 bits per heavy atom. The molecule has 0 aromatic heterocycles. The van der Waals surface area contributed by atoms with Crippen molar-refractivity contribution in [1.29, 1.82) is 0 Å². The van der Waals surface area contributed by atoms with E-state index in [2.05, 4.69) is 20.4 Å². The highest BCUT2D eigenvalue weighted by Gasteiger charge is 1.97. The number of aliphatic hydroxyl groups excluding tert-OH is 1. The van der Waals surface area contributed by atoms with E-state index in [9.17, 15) is 0 Å². The van der Waals surface area contributed by atoms with Crippen molar-refractivity contribution in [3.8, 4) is 0 Å². The van der Waals surface area contributed by atoms with Gasteiger partial charge in [0.25, 0.3) is 0 Å². The first-order valence-electron chi connectivity index (χ1n) is 3.53. The van der Waals surface area contributed by atoms with Gasteiger partial charge >= 0.3 is 0 Å². The van der Waals surface area contributed by atoms with E-state index in [1.54, 1.807) is 0 Å². The normalized spacial score (nSPS) is 13.1. The summed E-state index contributed by atoms with van der Waals surface area (Å²) in [6.07, 6.45) is 3.01. The Hall–Kier alpha value is -0.460. The molecule has 0 aliphatic rings. The number of hydrogen-bond acceptors (Lipinski definition) is 1. The number of hydrogen-bond donors (Lipinski definition) is 1. The van der Waals surface area contributed by atoms with Crippen LogP contribution in [-0.2, 0) is 0 Å². The quantitative estimate of drug-likeness (QED) is 0.577.